The van der Waals surface area contributed by atoms with E-state index in [-0.39, 0.29) is 63.2 Å². The van der Waals surface area contributed by atoms with Crippen LogP contribution in [0.4, 0.5) is 0 Å². The minimum Gasteiger partial charge on any atom is -0.368 e. The maximum Gasteiger partial charge on any atom is 0.243 e. The molecule has 1 saturated heterocycles. The van der Waals surface area contributed by atoms with Gasteiger partial charge in [0.05, 0.1) is 0 Å². The van der Waals surface area contributed by atoms with E-state index in [1.807, 2.05) is 121 Å². The van der Waals surface area contributed by atoms with Crippen molar-refractivity contribution in [2.45, 2.75) is 101 Å². The molecule has 1 fully saturated rings. The van der Waals surface area contributed by atoms with E-state index in [9.17, 15) is 24.0 Å². The number of thiocarbonyl (C=S) groups is 1. The Morgan fingerprint density at radius 3 is 1.12 bits per heavy atom. The number of para-hydroxylation sites is 5. The third-order valence-corrected chi connectivity index (χ3v) is 18.2. The van der Waals surface area contributed by atoms with Gasteiger partial charge in [-0.15, -0.1) is 0 Å². The topological polar surface area (TPSA) is 317 Å². The van der Waals surface area contributed by atoms with Gasteiger partial charge in [0.15, 0.2) is 0 Å². The highest BCUT2D eigenvalue weighted by molar-refractivity contribution is 8.23. The Morgan fingerprint density at radius 1 is 0.429 bits per heavy atom. The molecule has 91 heavy (non-hydrogen) atoms. The second kappa shape index (κ2) is 29.1. The molecule has 0 aliphatic carbocycles. The number of nitrogens with one attached hydrogen (secondary N) is 11. The van der Waals surface area contributed by atoms with Gasteiger partial charge < -0.3 is 62.6 Å². The van der Waals surface area contributed by atoms with Crippen LogP contribution in [0.3, 0.4) is 0 Å². The molecule has 10 aromatic rings. The number of hydrogen-bond acceptors (Lipinski definition) is 10. The lowest BCUT2D eigenvalue weighted by Crippen LogP contribution is -2.60. The van der Waals surface area contributed by atoms with Crippen molar-refractivity contribution in [1.82, 2.24) is 61.7 Å². The first-order valence-corrected chi connectivity index (χ1v) is 31.9. The summed E-state index contributed by atoms with van der Waals surface area (Å²) in [5.74, 6) is -3.67. The van der Waals surface area contributed by atoms with Crippen LogP contribution in [0.5, 0.6) is 0 Å². The van der Waals surface area contributed by atoms with E-state index in [1.54, 1.807) is 31.0 Å². The summed E-state index contributed by atoms with van der Waals surface area (Å²) in [5, 5.41) is 21.7. The number of nitrogens with two attached hydrogens (primary N) is 1. The minimum atomic E-state index is -1.37. The van der Waals surface area contributed by atoms with E-state index >= 15 is 14.4 Å². The number of benzene rings is 5. The Labute approximate surface area is 532 Å². The monoisotopic (exact) mass is 1260 g/mol. The second-order valence-corrected chi connectivity index (χ2v) is 24.6. The first-order valence-electron chi connectivity index (χ1n) is 30.5. The van der Waals surface area contributed by atoms with Crippen molar-refractivity contribution >= 4 is 130 Å². The Hall–Kier alpha value is -10.0. The molecule has 6 heterocycles. The number of amides is 8. The first-order chi connectivity index (χ1) is 44.2. The summed E-state index contributed by atoms with van der Waals surface area (Å²) in [4.78, 5) is 131. The summed E-state index contributed by atoms with van der Waals surface area (Å²) in [6, 6.07) is 31.3. The van der Waals surface area contributed by atoms with Gasteiger partial charge in [-0.2, -0.15) is 0 Å². The number of aromatic nitrogens is 5. The largest absolute Gasteiger partial charge is 0.368 e. The summed E-state index contributed by atoms with van der Waals surface area (Å²) in [5.41, 5.74) is 13.6. The van der Waals surface area contributed by atoms with Crippen LogP contribution in [0.25, 0.3) is 54.5 Å². The molecule has 21 nitrogen and oxygen atoms in total. The predicted molar refractivity (Wildman–Crippen MR) is 356 cm³/mol. The average molecular weight is 1260 g/mol. The second-order valence-electron chi connectivity index (χ2n) is 22.9. The summed E-state index contributed by atoms with van der Waals surface area (Å²) in [6.45, 7) is 0.901. The molecule has 11 rings (SSSR count). The van der Waals surface area contributed by atoms with Gasteiger partial charge in [0, 0.05) is 156 Å². The van der Waals surface area contributed by atoms with Crippen LogP contribution >= 0.6 is 24.0 Å². The van der Waals surface area contributed by atoms with E-state index < -0.39 is 65.7 Å². The van der Waals surface area contributed by atoms with Gasteiger partial charge in [0.25, 0.3) is 0 Å². The van der Waals surface area contributed by atoms with Gasteiger partial charge in [-0.05, 0) is 71.0 Å². The van der Waals surface area contributed by atoms with Crippen molar-refractivity contribution in [3.05, 3.63) is 180 Å². The Bertz CT molecular complexity index is 4330. The van der Waals surface area contributed by atoms with Gasteiger partial charge in [-0.3, -0.25) is 43.3 Å². The zero-order valence-corrected chi connectivity index (χ0v) is 51.5. The lowest BCUT2D eigenvalue weighted by atomic mass is 9.99. The van der Waals surface area contributed by atoms with Gasteiger partial charge >= 0.3 is 0 Å². The fraction of sp³-hybridized carbons (Fsp3) is 0.279. The standard InChI is InChI=1S/C68H71N13O8S2/c69-63(85)55(30-40-35-71-50-19-8-3-14-45(40)50)77-65(87)57(32-42-37-73-52-21-10-5-16-47(42)52)79-67(89)59(34-44-39-75-54-23-12-7-18-49(44)54)80-66(88)58(33-43-38-74-53-22-11-6-17-48(43)53)78-64(86)56(31-41-36-72-51-20-9-4-15-46(41)51)76-61(83)24-2-1-13-27-70-60(82)25-26-62(84)81-28-29-91-68(81)90/h3-12,14-23,35-39,55-59,71-75H,1-2,13,24-34H2,(H2,69,85)(H,70,82)(H,76,83)(H,77,87)(H,78,86)(H,79,89)(H,80,88)/t55-,56-,57-,58-,59-/m1/s1. The molecule has 5 aromatic carbocycles. The number of hydrogen-bond donors (Lipinski definition) is 12. The van der Waals surface area contributed by atoms with E-state index in [1.165, 1.54) is 16.7 Å². The molecule has 8 amide bonds. The van der Waals surface area contributed by atoms with Crippen molar-refractivity contribution in [2.24, 2.45) is 5.73 Å². The van der Waals surface area contributed by atoms with E-state index in [0.29, 0.717) is 53.4 Å². The molecule has 0 radical (unpaired) electrons. The molecule has 0 unspecified atom stereocenters. The van der Waals surface area contributed by atoms with Crippen LogP contribution in [-0.4, -0.2) is 130 Å². The number of rotatable bonds is 29. The molecule has 5 aromatic heterocycles. The molecule has 0 bridgehead atoms. The zero-order valence-electron chi connectivity index (χ0n) is 49.8. The average Bonchev–Trinajstić information content (AvgIpc) is 2.16. The maximum atomic E-state index is 15.5. The molecular weight excluding hydrogens is 1190 g/mol. The Kier molecular flexibility index (Phi) is 20.0. The van der Waals surface area contributed by atoms with Crippen molar-refractivity contribution in [3.8, 4) is 0 Å². The third-order valence-electron chi connectivity index (χ3n) is 16.7. The molecule has 468 valence electrons. The number of carbonyl (C=O) groups excluding carboxylic acids is 8. The number of thioether (sulfide) groups is 1. The van der Waals surface area contributed by atoms with Crippen LogP contribution in [-0.2, 0) is 70.5 Å². The summed E-state index contributed by atoms with van der Waals surface area (Å²) in [6.07, 6.45) is 10.5. The first kappa shape index (κ1) is 62.6. The lowest BCUT2D eigenvalue weighted by molar-refractivity contribution is -0.135. The molecule has 0 spiro atoms. The summed E-state index contributed by atoms with van der Waals surface area (Å²) in [7, 11) is 0. The fourth-order valence-electron chi connectivity index (χ4n) is 11.9. The molecule has 5 atom stereocenters. The van der Waals surface area contributed by atoms with E-state index in [4.69, 9.17) is 18.0 Å². The van der Waals surface area contributed by atoms with Crippen LogP contribution < -0.4 is 37.6 Å². The van der Waals surface area contributed by atoms with E-state index in [0.717, 1.165) is 71.4 Å². The van der Waals surface area contributed by atoms with Crippen molar-refractivity contribution in [1.29, 1.82) is 0 Å². The number of aromatic amines is 5. The number of unbranched alkanes of at least 4 members (excludes halogenated alkanes) is 2. The number of H-pyrrole nitrogens is 5. The van der Waals surface area contributed by atoms with E-state index in [2.05, 4.69) is 56.8 Å². The normalized spacial score (nSPS) is 14.1. The van der Waals surface area contributed by atoms with Crippen LogP contribution in [0.2, 0.25) is 0 Å². The number of carbonyl (C=O) groups is 8. The van der Waals surface area contributed by atoms with Crippen LogP contribution in [0.1, 0.15) is 66.3 Å². The Morgan fingerprint density at radius 2 is 0.769 bits per heavy atom. The van der Waals surface area contributed by atoms with Gasteiger partial charge in [0.1, 0.15) is 34.5 Å². The zero-order chi connectivity index (χ0) is 63.4. The molecule has 0 saturated carbocycles. The number of primary amides is 1. The Balaban J connectivity index is 0.841. The number of fused-ring (bicyclic) bond motifs is 5. The van der Waals surface area contributed by atoms with Gasteiger partial charge in [0.2, 0.25) is 47.3 Å². The van der Waals surface area contributed by atoms with Crippen molar-refractivity contribution in [2.75, 3.05) is 18.8 Å². The fourth-order valence-corrected chi connectivity index (χ4v) is 13.1. The summed E-state index contributed by atoms with van der Waals surface area (Å²) >= 11 is 6.69. The lowest BCUT2D eigenvalue weighted by Gasteiger charge is -2.27. The van der Waals surface area contributed by atoms with Crippen molar-refractivity contribution < 1.29 is 38.4 Å². The van der Waals surface area contributed by atoms with Crippen molar-refractivity contribution in [3.63, 3.8) is 0 Å². The van der Waals surface area contributed by atoms with Gasteiger partial charge in [-0.1, -0.05) is 121 Å². The number of nitrogens with zero attached hydrogens (tertiary/aromatic N) is 1. The highest BCUT2D eigenvalue weighted by Gasteiger charge is 2.35. The smallest absolute Gasteiger partial charge is 0.243 e. The van der Waals surface area contributed by atoms with Crippen LogP contribution in [0.15, 0.2) is 152 Å². The summed E-state index contributed by atoms with van der Waals surface area (Å²) < 4.78 is 0.532. The molecule has 13 N–H and O–H groups in total. The minimum absolute atomic E-state index is 0.0336. The maximum absolute atomic E-state index is 15.5. The third kappa shape index (κ3) is 15.4. The molecular formula is C68H71N13O8S2. The molecule has 23 heteroatoms. The SMILES string of the molecule is NC(=O)[C@@H](Cc1c[nH]c2ccccc12)NC(=O)[C@@H](Cc1c[nH]c2ccccc12)NC(=O)[C@@H](Cc1c[nH]c2ccccc12)NC(=O)[C@@H](Cc1c[nH]c2ccccc12)NC(=O)[C@@H](Cc1c[nH]c2ccccc12)NC(=O)CCCCCNC(=O)CCC(=O)N1CCSC1=S. The highest BCUT2D eigenvalue weighted by atomic mass is 32.2. The quantitative estimate of drug-likeness (QED) is 0.0171. The predicted octanol–water partition coefficient (Wildman–Crippen LogP) is 6.83. The highest BCUT2D eigenvalue weighted by Crippen LogP contribution is 2.26. The molecule has 1 aliphatic heterocycles. The van der Waals surface area contributed by atoms with Gasteiger partial charge in [-0.25, -0.2) is 0 Å². The van der Waals surface area contributed by atoms with Crippen LogP contribution in [0, 0.1) is 0 Å². The molecule has 1 aliphatic rings.